The Morgan fingerprint density at radius 2 is 2.04 bits per heavy atom. The molecule has 0 saturated carbocycles. The fourth-order valence-corrected chi connectivity index (χ4v) is 5.91. The zero-order chi connectivity index (χ0) is 19.4. The molecule has 1 aromatic carbocycles. The highest BCUT2D eigenvalue weighted by Crippen LogP contribution is 2.45. The smallest absolute Gasteiger partial charge is 0.308 e. The molecule has 0 N–H and O–H groups in total. The number of nitrogens with zero attached hydrogens (tertiary/aromatic N) is 1. The number of fused-ring (bicyclic) bond motifs is 1. The summed E-state index contributed by atoms with van der Waals surface area (Å²) in [5, 5.41) is 0.518. The minimum absolute atomic E-state index is 0.0472. The highest BCUT2D eigenvalue weighted by atomic mass is 32.2. The molecule has 0 aromatic heterocycles. The Hall–Kier alpha value is -1.69. The van der Waals surface area contributed by atoms with Crippen LogP contribution in [0.25, 0.3) is 0 Å². The normalized spacial score (nSPS) is 25.4. The van der Waals surface area contributed by atoms with E-state index in [2.05, 4.69) is 4.90 Å². The van der Waals surface area contributed by atoms with E-state index in [1.54, 1.807) is 7.11 Å². The number of carbonyl (C=O) groups is 2. The third-order valence-corrected chi connectivity index (χ3v) is 7.37. The van der Waals surface area contributed by atoms with Gasteiger partial charge in [0.05, 0.1) is 20.1 Å². The monoisotopic (exact) mass is 391 g/mol. The largest absolute Gasteiger partial charge is 0.497 e. The van der Waals surface area contributed by atoms with Crippen LogP contribution in [-0.2, 0) is 20.9 Å². The molecule has 2 aliphatic rings. The molecule has 0 aliphatic carbocycles. The van der Waals surface area contributed by atoms with Crippen LogP contribution >= 0.6 is 11.8 Å². The Kier molecular flexibility index (Phi) is 6.68. The first-order chi connectivity index (χ1) is 13.0. The standard InChI is InChI=1S/C21H29NO4S/c1-14(21(24)26-3)5-4-6-19-17-11-20(23)22(18(17)13-27-19)12-15-7-9-16(25-2)10-8-15/h7-10,14,17-19H,4-6,11-13H2,1-3H3. The molecule has 0 spiro atoms. The second kappa shape index (κ2) is 9.00. The van der Waals surface area contributed by atoms with Crippen molar-refractivity contribution in [2.45, 2.75) is 50.4 Å². The van der Waals surface area contributed by atoms with Gasteiger partial charge in [0, 0.05) is 35.9 Å². The van der Waals surface area contributed by atoms with E-state index in [0.717, 1.165) is 36.3 Å². The fraction of sp³-hybridized carbons (Fsp3) is 0.619. The average molecular weight is 392 g/mol. The molecule has 27 heavy (non-hydrogen) atoms. The summed E-state index contributed by atoms with van der Waals surface area (Å²) in [6, 6.07) is 8.30. The number of benzene rings is 1. The first-order valence-electron chi connectivity index (χ1n) is 9.65. The molecule has 1 amide bonds. The fourth-order valence-electron chi connectivity index (χ4n) is 4.18. The van der Waals surface area contributed by atoms with E-state index in [-0.39, 0.29) is 17.8 Å². The van der Waals surface area contributed by atoms with Crippen LogP contribution in [-0.4, -0.2) is 48.0 Å². The Bertz CT molecular complexity index is 663. The van der Waals surface area contributed by atoms with Crippen molar-refractivity contribution in [1.82, 2.24) is 4.90 Å². The van der Waals surface area contributed by atoms with Crippen LogP contribution < -0.4 is 4.74 Å². The number of thioether (sulfide) groups is 1. The molecular weight excluding hydrogens is 362 g/mol. The number of hydrogen-bond acceptors (Lipinski definition) is 5. The van der Waals surface area contributed by atoms with Gasteiger partial charge in [0.2, 0.25) is 5.91 Å². The maximum Gasteiger partial charge on any atom is 0.308 e. The van der Waals surface area contributed by atoms with Crippen LogP contribution in [0.2, 0.25) is 0 Å². The molecule has 3 rings (SSSR count). The lowest BCUT2D eigenvalue weighted by Gasteiger charge is -2.24. The Morgan fingerprint density at radius 3 is 2.70 bits per heavy atom. The lowest BCUT2D eigenvalue weighted by Crippen LogP contribution is -2.35. The SMILES string of the molecule is COC(=O)C(C)CCCC1SCC2C1CC(=O)N2Cc1ccc(OC)cc1. The molecule has 5 nitrogen and oxygen atoms in total. The maximum atomic E-state index is 12.6. The summed E-state index contributed by atoms with van der Waals surface area (Å²) in [5.41, 5.74) is 1.14. The number of rotatable bonds is 8. The van der Waals surface area contributed by atoms with Crippen molar-refractivity contribution in [1.29, 1.82) is 0 Å². The molecule has 4 atom stereocenters. The van der Waals surface area contributed by atoms with Crippen molar-refractivity contribution in [2.24, 2.45) is 11.8 Å². The van der Waals surface area contributed by atoms with Crippen molar-refractivity contribution < 1.29 is 19.1 Å². The predicted octanol–water partition coefficient (Wildman–Crippen LogP) is 3.51. The van der Waals surface area contributed by atoms with Crippen LogP contribution in [0, 0.1) is 11.8 Å². The number of esters is 1. The van der Waals surface area contributed by atoms with Crippen molar-refractivity contribution in [2.75, 3.05) is 20.0 Å². The highest BCUT2D eigenvalue weighted by molar-refractivity contribution is 8.00. The molecule has 2 heterocycles. The number of ether oxygens (including phenoxy) is 2. The summed E-state index contributed by atoms with van der Waals surface area (Å²) in [4.78, 5) is 26.2. The summed E-state index contributed by atoms with van der Waals surface area (Å²) in [6.07, 6.45) is 3.58. The summed E-state index contributed by atoms with van der Waals surface area (Å²) < 4.78 is 10.0. The number of carbonyl (C=O) groups excluding carboxylic acids is 2. The summed E-state index contributed by atoms with van der Waals surface area (Å²) >= 11 is 1.99. The van der Waals surface area contributed by atoms with Crippen molar-refractivity contribution in [3.8, 4) is 5.75 Å². The van der Waals surface area contributed by atoms with Crippen LogP contribution in [0.5, 0.6) is 5.75 Å². The maximum absolute atomic E-state index is 12.6. The van der Waals surface area contributed by atoms with E-state index in [4.69, 9.17) is 9.47 Å². The van der Waals surface area contributed by atoms with Gasteiger partial charge >= 0.3 is 5.97 Å². The van der Waals surface area contributed by atoms with E-state index >= 15 is 0 Å². The predicted molar refractivity (Wildman–Crippen MR) is 107 cm³/mol. The number of amides is 1. The van der Waals surface area contributed by atoms with Gasteiger partial charge in [-0.2, -0.15) is 11.8 Å². The van der Waals surface area contributed by atoms with Crippen molar-refractivity contribution in [3.05, 3.63) is 29.8 Å². The van der Waals surface area contributed by atoms with Crippen LogP contribution in [0.15, 0.2) is 24.3 Å². The lowest BCUT2D eigenvalue weighted by molar-refractivity contribution is -0.145. The molecule has 2 aliphatic heterocycles. The van der Waals surface area contributed by atoms with E-state index in [1.807, 2.05) is 43.0 Å². The summed E-state index contributed by atoms with van der Waals surface area (Å²) in [7, 11) is 3.10. The van der Waals surface area contributed by atoms with E-state index in [0.29, 0.717) is 30.2 Å². The van der Waals surface area contributed by atoms with Crippen molar-refractivity contribution >= 4 is 23.6 Å². The molecule has 1 aromatic rings. The quantitative estimate of drug-likeness (QED) is 0.635. The van der Waals surface area contributed by atoms with Crippen molar-refractivity contribution in [3.63, 3.8) is 0 Å². The minimum Gasteiger partial charge on any atom is -0.497 e. The Labute approximate surface area is 165 Å². The minimum atomic E-state index is -0.131. The first-order valence-corrected chi connectivity index (χ1v) is 10.7. The molecule has 0 bridgehead atoms. The third-order valence-electron chi connectivity index (χ3n) is 5.83. The number of hydrogen-bond donors (Lipinski definition) is 0. The molecule has 2 fully saturated rings. The van der Waals surface area contributed by atoms with Crippen LogP contribution in [0.3, 0.4) is 0 Å². The summed E-state index contributed by atoms with van der Waals surface area (Å²) in [6.45, 7) is 2.60. The van der Waals surface area contributed by atoms with Gasteiger partial charge in [0.25, 0.3) is 0 Å². The lowest BCUT2D eigenvalue weighted by atomic mass is 9.93. The molecule has 2 saturated heterocycles. The third kappa shape index (κ3) is 4.60. The van der Waals surface area contributed by atoms with Gasteiger partial charge in [0.1, 0.15) is 5.75 Å². The van der Waals surface area contributed by atoms with Crippen LogP contribution in [0.1, 0.15) is 38.2 Å². The van der Waals surface area contributed by atoms with E-state index in [9.17, 15) is 9.59 Å². The molecule has 148 valence electrons. The first kappa shape index (κ1) is 20.1. The molecule has 4 unspecified atom stereocenters. The van der Waals surface area contributed by atoms with Gasteiger partial charge < -0.3 is 14.4 Å². The molecule has 6 heteroatoms. The topological polar surface area (TPSA) is 55.8 Å². The average Bonchev–Trinajstić information content (AvgIpc) is 3.21. The number of likely N-dealkylation sites (tertiary alicyclic amines) is 1. The zero-order valence-corrected chi connectivity index (χ0v) is 17.2. The Morgan fingerprint density at radius 1 is 1.30 bits per heavy atom. The second-order valence-corrected chi connectivity index (χ2v) is 8.80. The van der Waals surface area contributed by atoms with Gasteiger partial charge in [-0.25, -0.2) is 0 Å². The van der Waals surface area contributed by atoms with Gasteiger partial charge in [-0.05, 0) is 30.5 Å². The number of methoxy groups -OCH3 is 2. The van der Waals surface area contributed by atoms with Gasteiger partial charge in [0.15, 0.2) is 0 Å². The van der Waals surface area contributed by atoms with Gasteiger partial charge in [-0.1, -0.05) is 25.5 Å². The van der Waals surface area contributed by atoms with E-state index < -0.39 is 0 Å². The molecule has 0 radical (unpaired) electrons. The zero-order valence-electron chi connectivity index (χ0n) is 16.3. The Balaban J connectivity index is 1.53. The van der Waals surface area contributed by atoms with Crippen LogP contribution in [0.4, 0.5) is 0 Å². The highest BCUT2D eigenvalue weighted by Gasteiger charge is 2.47. The summed E-state index contributed by atoms with van der Waals surface area (Å²) in [5.74, 6) is 2.39. The second-order valence-electron chi connectivity index (χ2n) is 7.53. The van der Waals surface area contributed by atoms with Gasteiger partial charge in [-0.3, -0.25) is 9.59 Å². The van der Waals surface area contributed by atoms with E-state index in [1.165, 1.54) is 7.11 Å². The molecular formula is C21H29NO4S. The van der Waals surface area contributed by atoms with Gasteiger partial charge in [-0.15, -0.1) is 0 Å².